The van der Waals surface area contributed by atoms with Gasteiger partial charge >= 0.3 is 24.3 Å². The summed E-state index contributed by atoms with van der Waals surface area (Å²) in [5.74, 6) is -5.42. The van der Waals surface area contributed by atoms with Crippen molar-refractivity contribution in [3.05, 3.63) is 59.8 Å². The van der Waals surface area contributed by atoms with Crippen molar-refractivity contribution in [2.75, 3.05) is 19.6 Å². The zero-order chi connectivity index (χ0) is 31.1. The first-order chi connectivity index (χ1) is 19.7. The molecule has 3 aromatic rings. The minimum absolute atomic E-state index is 0.0903. The molecule has 1 aromatic carbocycles. The van der Waals surface area contributed by atoms with E-state index in [1.807, 2.05) is 41.6 Å². The molecule has 1 fully saturated rings. The lowest BCUT2D eigenvalue weighted by Crippen LogP contribution is -2.31. The Hall–Kier alpha value is -4.21. The third-order valence-corrected chi connectivity index (χ3v) is 6.39. The van der Waals surface area contributed by atoms with E-state index in [1.165, 1.54) is 18.5 Å². The number of fused-ring (bicyclic) bond motifs is 2. The summed E-state index contributed by atoms with van der Waals surface area (Å²) in [5.41, 5.74) is 3.97. The monoisotopic (exact) mass is 603 g/mol. The third-order valence-electron chi connectivity index (χ3n) is 6.39. The second-order valence-corrected chi connectivity index (χ2v) is 9.41. The van der Waals surface area contributed by atoms with Gasteiger partial charge in [-0.15, -0.1) is 0 Å². The van der Waals surface area contributed by atoms with Crippen LogP contribution in [0.3, 0.4) is 0 Å². The Kier molecular flexibility index (Phi) is 10.5. The highest BCUT2D eigenvalue weighted by Gasteiger charge is 2.39. The number of aromatic nitrogens is 3. The molecule has 42 heavy (non-hydrogen) atoms. The molecule has 4 heterocycles. The minimum Gasteiger partial charge on any atom is -0.475 e. The van der Waals surface area contributed by atoms with Crippen molar-refractivity contribution in [3.63, 3.8) is 0 Å². The van der Waals surface area contributed by atoms with Crippen LogP contribution in [0.15, 0.2) is 42.9 Å². The molecule has 0 atom stereocenters. The maximum absolute atomic E-state index is 13.2. The molecular weight excluding hydrogens is 576 g/mol. The molecule has 2 aromatic heterocycles. The van der Waals surface area contributed by atoms with Crippen LogP contribution in [0.25, 0.3) is 10.9 Å². The highest BCUT2D eigenvalue weighted by Crippen LogP contribution is 2.22. The number of carbonyl (C=O) groups excluding carboxylic acids is 1. The Morgan fingerprint density at radius 2 is 1.45 bits per heavy atom. The molecule has 1 saturated heterocycles. The number of pyridine rings is 1. The summed E-state index contributed by atoms with van der Waals surface area (Å²) < 4.78 is 65.7. The van der Waals surface area contributed by atoms with Crippen LogP contribution in [0.1, 0.15) is 41.0 Å². The Labute approximate surface area is 235 Å². The standard InChI is InChI=1S/C22H25N5O.2C2HF3O2/c28-22(18-6-7-19-17(13-18)5-3-8-23-19)26-11-4-12-27-16-24-20(21(27)15-26)14-25-9-1-2-10-25;2*3-2(4,5)1(6)7/h3,5-8,13,16H,1-2,4,9-12,14-15H2;2*(H,6,7). The zero-order valence-electron chi connectivity index (χ0n) is 22.0. The number of carboxylic acid groups (broad SMARTS) is 2. The van der Waals surface area contributed by atoms with Crippen LogP contribution >= 0.6 is 0 Å². The van der Waals surface area contributed by atoms with Crippen molar-refractivity contribution in [1.82, 2.24) is 24.3 Å². The lowest BCUT2D eigenvalue weighted by atomic mass is 10.1. The summed E-state index contributed by atoms with van der Waals surface area (Å²) in [6.45, 7) is 5.53. The van der Waals surface area contributed by atoms with Crippen molar-refractivity contribution >= 4 is 28.7 Å². The number of carbonyl (C=O) groups is 3. The average molecular weight is 604 g/mol. The zero-order valence-corrected chi connectivity index (χ0v) is 22.0. The number of hydrogen-bond donors (Lipinski definition) is 2. The second kappa shape index (κ2) is 13.6. The SMILES string of the molecule is O=C(O)C(F)(F)F.O=C(O)C(F)(F)F.O=C(c1ccc2ncccc2c1)N1CCCn2cnc(CN3CCCC3)c2C1. The number of imidazole rings is 1. The van der Waals surface area contributed by atoms with Gasteiger partial charge in [0.05, 0.1) is 29.8 Å². The van der Waals surface area contributed by atoms with Gasteiger partial charge < -0.3 is 19.7 Å². The lowest BCUT2D eigenvalue weighted by Gasteiger charge is -2.22. The van der Waals surface area contributed by atoms with Crippen LogP contribution in [0.5, 0.6) is 0 Å². The fourth-order valence-corrected chi connectivity index (χ4v) is 4.37. The topological polar surface area (TPSA) is 129 Å². The van der Waals surface area contributed by atoms with Gasteiger partial charge in [0.25, 0.3) is 5.91 Å². The number of rotatable bonds is 3. The third kappa shape index (κ3) is 8.89. The summed E-state index contributed by atoms with van der Waals surface area (Å²) >= 11 is 0. The number of benzene rings is 1. The average Bonchev–Trinajstić information content (AvgIpc) is 3.52. The van der Waals surface area contributed by atoms with Crippen LogP contribution in [0.4, 0.5) is 26.3 Å². The predicted octanol–water partition coefficient (Wildman–Crippen LogP) is 4.34. The number of hydrogen-bond acceptors (Lipinski definition) is 6. The highest BCUT2D eigenvalue weighted by atomic mass is 19.4. The number of amides is 1. The predicted molar refractivity (Wildman–Crippen MR) is 135 cm³/mol. The number of halogens is 6. The van der Waals surface area contributed by atoms with Crippen LogP contribution in [-0.4, -0.2) is 84.4 Å². The van der Waals surface area contributed by atoms with E-state index in [2.05, 4.69) is 19.4 Å². The van der Waals surface area contributed by atoms with Crippen LogP contribution in [0.2, 0.25) is 0 Å². The van der Waals surface area contributed by atoms with Gasteiger partial charge in [-0.05, 0) is 56.6 Å². The van der Waals surface area contributed by atoms with Crippen molar-refractivity contribution < 1.29 is 50.9 Å². The van der Waals surface area contributed by atoms with Crippen LogP contribution in [0, 0.1) is 0 Å². The number of alkyl halides is 6. The summed E-state index contributed by atoms with van der Waals surface area (Å²) in [4.78, 5) is 44.5. The smallest absolute Gasteiger partial charge is 0.475 e. The Morgan fingerprint density at radius 3 is 2.05 bits per heavy atom. The van der Waals surface area contributed by atoms with Gasteiger partial charge in [-0.1, -0.05) is 6.07 Å². The van der Waals surface area contributed by atoms with Gasteiger partial charge in [-0.2, -0.15) is 26.3 Å². The van der Waals surface area contributed by atoms with Gasteiger partial charge in [0.15, 0.2) is 0 Å². The molecule has 228 valence electrons. The molecular formula is C26H27F6N5O5. The van der Waals surface area contributed by atoms with E-state index in [0.29, 0.717) is 6.54 Å². The van der Waals surface area contributed by atoms with E-state index in [0.717, 1.165) is 61.3 Å². The van der Waals surface area contributed by atoms with Gasteiger partial charge in [-0.3, -0.25) is 14.7 Å². The van der Waals surface area contributed by atoms with E-state index in [1.54, 1.807) is 6.20 Å². The molecule has 0 radical (unpaired) electrons. The highest BCUT2D eigenvalue weighted by molar-refractivity contribution is 5.97. The fraction of sp³-hybridized carbons (Fsp3) is 0.423. The molecule has 0 unspecified atom stereocenters. The largest absolute Gasteiger partial charge is 0.490 e. The normalized spacial score (nSPS) is 15.5. The second-order valence-electron chi connectivity index (χ2n) is 9.41. The molecule has 16 heteroatoms. The van der Waals surface area contributed by atoms with Gasteiger partial charge in [0.2, 0.25) is 0 Å². The Balaban J connectivity index is 0.000000289. The van der Waals surface area contributed by atoms with Gasteiger partial charge in [0.1, 0.15) is 0 Å². The lowest BCUT2D eigenvalue weighted by molar-refractivity contribution is -0.193. The van der Waals surface area contributed by atoms with Gasteiger partial charge in [0, 0.05) is 36.8 Å². The molecule has 1 amide bonds. The van der Waals surface area contributed by atoms with E-state index in [9.17, 15) is 31.1 Å². The van der Waals surface area contributed by atoms with E-state index in [-0.39, 0.29) is 5.91 Å². The first-order valence-corrected chi connectivity index (χ1v) is 12.7. The summed E-state index contributed by atoms with van der Waals surface area (Å²) in [6.07, 6.45) is -2.93. The molecule has 2 aliphatic heterocycles. The molecule has 0 saturated carbocycles. The van der Waals surface area contributed by atoms with E-state index in [4.69, 9.17) is 19.8 Å². The van der Waals surface area contributed by atoms with Crippen molar-refractivity contribution in [3.8, 4) is 0 Å². The van der Waals surface area contributed by atoms with Crippen LogP contribution < -0.4 is 0 Å². The molecule has 5 rings (SSSR count). The van der Waals surface area contributed by atoms with Crippen molar-refractivity contribution in [2.24, 2.45) is 0 Å². The molecule has 0 spiro atoms. The summed E-state index contributed by atoms with van der Waals surface area (Å²) in [5, 5.41) is 15.3. The van der Waals surface area contributed by atoms with E-state index >= 15 is 0 Å². The first kappa shape index (κ1) is 32.3. The maximum atomic E-state index is 13.2. The molecule has 0 aliphatic carbocycles. The van der Waals surface area contributed by atoms with Crippen molar-refractivity contribution in [2.45, 2.75) is 51.2 Å². The number of aliphatic carboxylic acids is 2. The molecule has 2 aliphatic rings. The van der Waals surface area contributed by atoms with E-state index < -0.39 is 24.3 Å². The number of nitrogens with zero attached hydrogens (tertiary/aromatic N) is 5. The number of carboxylic acids is 2. The number of likely N-dealkylation sites (tertiary alicyclic amines) is 1. The summed E-state index contributed by atoms with van der Waals surface area (Å²) in [7, 11) is 0. The van der Waals surface area contributed by atoms with Crippen molar-refractivity contribution in [1.29, 1.82) is 0 Å². The van der Waals surface area contributed by atoms with Crippen LogP contribution in [-0.2, 0) is 29.2 Å². The summed E-state index contributed by atoms with van der Waals surface area (Å²) in [6, 6.07) is 9.70. The fourth-order valence-electron chi connectivity index (χ4n) is 4.37. The maximum Gasteiger partial charge on any atom is 0.490 e. The Bertz CT molecular complexity index is 1380. The molecule has 10 nitrogen and oxygen atoms in total. The first-order valence-electron chi connectivity index (χ1n) is 12.7. The number of aryl methyl sites for hydroxylation is 1. The molecule has 0 bridgehead atoms. The minimum atomic E-state index is -5.08. The Morgan fingerprint density at radius 1 is 0.833 bits per heavy atom. The van der Waals surface area contributed by atoms with Gasteiger partial charge in [-0.25, -0.2) is 14.6 Å². The quantitative estimate of drug-likeness (QED) is 0.424. The molecule has 2 N–H and O–H groups in total.